The Kier molecular flexibility index (Phi) is 4.96. The van der Waals surface area contributed by atoms with Gasteiger partial charge in [0.2, 0.25) is 0 Å². The zero-order chi connectivity index (χ0) is 15.6. The highest BCUT2D eigenvalue weighted by molar-refractivity contribution is 9.10. The number of anilines is 1. The lowest BCUT2D eigenvalue weighted by Crippen LogP contribution is -2.16. The summed E-state index contributed by atoms with van der Waals surface area (Å²) in [5.74, 6) is 0.374. The van der Waals surface area contributed by atoms with Crippen molar-refractivity contribution in [3.63, 3.8) is 0 Å². The zero-order valence-corrected chi connectivity index (χ0v) is 14.3. The van der Waals surface area contributed by atoms with E-state index in [0.29, 0.717) is 11.5 Å². The summed E-state index contributed by atoms with van der Waals surface area (Å²) in [5, 5.41) is 3.04. The van der Waals surface area contributed by atoms with Crippen molar-refractivity contribution in [1.82, 2.24) is 9.97 Å². The monoisotopic (exact) mass is 367 g/mol. The lowest BCUT2D eigenvalue weighted by Gasteiger charge is -2.10. The predicted molar refractivity (Wildman–Crippen MR) is 88.0 cm³/mol. The summed E-state index contributed by atoms with van der Waals surface area (Å²) >= 11 is 9.43. The minimum atomic E-state index is -0.346. The first-order valence-corrected chi connectivity index (χ1v) is 7.65. The largest absolute Gasteiger partial charge is 0.321 e. The molecular formula is C15H15BrClN3O. The molecule has 0 radical (unpaired) electrons. The number of amides is 1. The molecular weight excluding hydrogens is 354 g/mol. The number of hydrogen-bond donors (Lipinski definition) is 1. The molecule has 0 atom stereocenters. The van der Waals surface area contributed by atoms with E-state index >= 15 is 0 Å². The van der Waals surface area contributed by atoms with E-state index in [1.54, 1.807) is 0 Å². The average molecular weight is 369 g/mol. The molecule has 0 saturated carbocycles. The third-order valence-electron chi connectivity index (χ3n) is 2.79. The van der Waals surface area contributed by atoms with Gasteiger partial charge in [-0.05, 0) is 30.7 Å². The first-order valence-electron chi connectivity index (χ1n) is 6.48. The van der Waals surface area contributed by atoms with Crippen LogP contribution in [0.25, 0.3) is 0 Å². The molecule has 0 unspecified atom stereocenters. The highest BCUT2D eigenvalue weighted by atomic mass is 79.9. The van der Waals surface area contributed by atoms with Crippen LogP contribution in [0.15, 0.2) is 28.9 Å². The van der Waals surface area contributed by atoms with Crippen LogP contribution in [0.3, 0.4) is 0 Å². The van der Waals surface area contributed by atoms with Gasteiger partial charge in [0.05, 0.1) is 11.2 Å². The second-order valence-corrected chi connectivity index (χ2v) is 6.37. The topological polar surface area (TPSA) is 54.9 Å². The molecule has 1 amide bonds. The Balaban J connectivity index is 2.29. The standard InChI is InChI=1S/C15H15BrClN3O/c1-8(2)14-18-7-12(17)13(20-14)15(21)19-11-5-9(3)4-10(16)6-11/h4-8H,1-3H3,(H,19,21). The van der Waals surface area contributed by atoms with Gasteiger partial charge in [-0.25, -0.2) is 9.97 Å². The van der Waals surface area contributed by atoms with Crippen LogP contribution in [0.5, 0.6) is 0 Å². The van der Waals surface area contributed by atoms with Crippen LogP contribution >= 0.6 is 27.5 Å². The molecule has 0 spiro atoms. The molecule has 1 aromatic carbocycles. The Morgan fingerprint density at radius 2 is 2.05 bits per heavy atom. The molecule has 0 aliphatic heterocycles. The van der Waals surface area contributed by atoms with E-state index in [9.17, 15) is 4.79 Å². The van der Waals surface area contributed by atoms with Crippen LogP contribution in [0, 0.1) is 6.92 Å². The van der Waals surface area contributed by atoms with Crippen molar-refractivity contribution >= 4 is 39.1 Å². The highest BCUT2D eigenvalue weighted by Gasteiger charge is 2.16. The number of aromatic nitrogens is 2. The predicted octanol–water partition coefficient (Wildman–Crippen LogP) is 4.58. The van der Waals surface area contributed by atoms with Gasteiger partial charge in [0.25, 0.3) is 5.91 Å². The molecule has 2 rings (SSSR count). The van der Waals surface area contributed by atoms with Crippen molar-refractivity contribution in [2.24, 2.45) is 0 Å². The second-order valence-electron chi connectivity index (χ2n) is 5.05. The highest BCUT2D eigenvalue weighted by Crippen LogP contribution is 2.21. The maximum atomic E-state index is 12.3. The minimum Gasteiger partial charge on any atom is -0.321 e. The fourth-order valence-electron chi connectivity index (χ4n) is 1.82. The summed E-state index contributed by atoms with van der Waals surface area (Å²) in [7, 11) is 0. The maximum absolute atomic E-state index is 12.3. The number of aryl methyl sites for hydroxylation is 1. The summed E-state index contributed by atoms with van der Waals surface area (Å²) in [6.45, 7) is 5.88. The van der Waals surface area contributed by atoms with E-state index in [-0.39, 0.29) is 22.5 Å². The van der Waals surface area contributed by atoms with Gasteiger partial charge in [0.15, 0.2) is 5.69 Å². The lowest BCUT2D eigenvalue weighted by molar-refractivity contribution is 0.102. The van der Waals surface area contributed by atoms with Crippen molar-refractivity contribution in [3.8, 4) is 0 Å². The Morgan fingerprint density at radius 3 is 2.67 bits per heavy atom. The van der Waals surface area contributed by atoms with Crippen LogP contribution in [-0.2, 0) is 0 Å². The van der Waals surface area contributed by atoms with Gasteiger partial charge in [-0.3, -0.25) is 4.79 Å². The number of hydrogen-bond acceptors (Lipinski definition) is 3. The van der Waals surface area contributed by atoms with Crippen LogP contribution in [0.2, 0.25) is 5.02 Å². The van der Waals surface area contributed by atoms with Gasteiger partial charge in [-0.1, -0.05) is 41.4 Å². The molecule has 110 valence electrons. The van der Waals surface area contributed by atoms with Crippen molar-refractivity contribution in [1.29, 1.82) is 0 Å². The second kappa shape index (κ2) is 6.54. The summed E-state index contributed by atoms with van der Waals surface area (Å²) in [4.78, 5) is 20.7. The van der Waals surface area contributed by atoms with E-state index in [2.05, 4.69) is 31.2 Å². The first-order chi connectivity index (χ1) is 9.86. The van der Waals surface area contributed by atoms with Crippen molar-refractivity contribution in [2.45, 2.75) is 26.7 Å². The summed E-state index contributed by atoms with van der Waals surface area (Å²) < 4.78 is 0.898. The number of benzene rings is 1. The number of carbonyl (C=O) groups excluding carboxylic acids is 1. The molecule has 21 heavy (non-hydrogen) atoms. The van der Waals surface area contributed by atoms with Crippen LogP contribution in [0.4, 0.5) is 5.69 Å². The van der Waals surface area contributed by atoms with Gasteiger partial charge in [-0.2, -0.15) is 0 Å². The summed E-state index contributed by atoms with van der Waals surface area (Å²) in [5.41, 5.74) is 1.91. The third kappa shape index (κ3) is 4.02. The average Bonchev–Trinajstić information content (AvgIpc) is 2.37. The molecule has 4 nitrogen and oxygen atoms in total. The zero-order valence-electron chi connectivity index (χ0n) is 11.9. The fraction of sp³-hybridized carbons (Fsp3) is 0.267. The molecule has 0 saturated heterocycles. The quantitative estimate of drug-likeness (QED) is 0.863. The smallest absolute Gasteiger partial charge is 0.275 e. The number of carbonyl (C=O) groups is 1. The maximum Gasteiger partial charge on any atom is 0.275 e. The van der Waals surface area contributed by atoms with Crippen LogP contribution in [0.1, 0.15) is 41.6 Å². The molecule has 6 heteroatoms. The Bertz CT molecular complexity index is 668. The van der Waals surface area contributed by atoms with Gasteiger partial charge >= 0.3 is 0 Å². The van der Waals surface area contributed by atoms with E-state index in [1.165, 1.54) is 6.20 Å². The van der Waals surface area contributed by atoms with Gasteiger partial charge in [0.1, 0.15) is 5.82 Å². The lowest BCUT2D eigenvalue weighted by atomic mass is 10.2. The molecule has 0 aliphatic rings. The third-order valence-corrected chi connectivity index (χ3v) is 3.53. The molecule has 1 aromatic heterocycles. The van der Waals surface area contributed by atoms with E-state index in [4.69, 9.17) is 11.6 Å². The molecule has 0 bridgehead atoms. The molecule has 0 aliphatic carbocycles. The fourth-order valence-corrected chi connectivity index (χ4v) is 2.60. The molecule has 1 N–H and O–H groups in total. The minimum absolute atomic E-state index is 0.127. The number of halogens is 2. The normalized spacial score (nSPS) is 10.8. The van der Waals surface area contributed by atoms with Crippen LogP contribution < -0.4 is 5.32 Å². The van der Waals surface area contributed by atoms with E-state index in [0.717, 1.165) is 10.0 Å². The van der Waals surface area contributed by atoms with Gasteiger partial charge in [0, 0.05) is 16.1 Å². The Morgan fingerprint density at radius 1 is 1.33 bits per heavy atom. The number of nitrogens with one attached hydrogen (secondary N) is 1. The van der Waals surface area contributed by atoms with Crippen molar-refractivity contribution < 1.29 is 4.79 Å². The number of nitrogens with zero attached hydrogens (tertiary/aromatic N) is 2. The first kappa shape index (κ1) is 15.9. The molecule has 1 heterocycles. The Hall–Kier alpha value is -1.46. The van der Waals surface area contributed by atoms with Gasteiger partial charge in [-0.15, -0.1) is 0 Å². The SMILES string of the molecule is Cc1cc(Br)cc(NC(=O)c2nc(C(C)C)ncc2Cl)c1. The summed E-state index contributed by atoms with van der Waals surface area (Å²) in [6, 6.07) is 5.66. The number of rotatable bonds is 3. The molecule has 0 fully saturated rings. The van der Waals surface area contributed by atoms with Gasteiger partial charge < -0.3 is 5.32 Å². The summed E-state index contributed by atoms with van der Waals surface area (Å²) in [6.07, 6.45) is 1.46. The Labute approximate surface area is 137 Å². The van der Waals surface area contributed by atoms with E-state index < -0.39 is 0 Å². The van der Waals surface area contributed by atoms with Crippen LogP contribution in [-0.4, -0.2) is 15.9 Å². The van der Waals surface area contributed by atoms with E-state index in [1.807, 2.05) is 39.0 Å². The molecule has 2 aromatic rings. The van der Waals surface area contributed by atoms with Crippen molar-refractivity contribution in [2.75, 3.05) is 5.32 Å². The van der Waals surface area contributed by atoms with Crippen molar-refractivity contribution in [3.05, 3.63) is 51.0 Å².